The fraction of sp³-hybridized carbons (Fsp3) is 0.429. The van der Waals surface area contributed by atoms with E-state index in [4.69, 9.17) is 18.3 Å². The molecule has 1 aromatic carbocycles. The second-order valence-corrected chi connectivity index (χ2v) is 9.73. The van der Waals surface area contributed by atoms with Crippen molar-refractivity contribution in [3.05, 3.63) is 80.6 Å². The molecule has 0 bridgehead atoms. The van der Waals surface area contributed by atoms with E-state index >= 15 is 0 Å². The van der Waals surface area contributed by atoms with Crippen LogP contribution in [0, 0.1) is 6.92 Å². The Hall–Kier alpha value is -2.29. The molecule has 1 N–H and O–H groups in total. The molecule has 0 saturated heterocycles. The maximum Gasteiger partial charge on any atom is 0.475 e. The first-order valence-corrected chi connectivity index (χ1v) is 11.3. The molecular formula is C21H27N2O7P. The number of phosphoric ester groups is 1. The summed E-state index contributed by atoms with van der Waals surface area (Å²) in [6.07, 6.45) is 3.48. The van der Waals surface area contributed by atoms with E-state index in [1.54, 1.807) is 39.8 Å². The Bertz CT molecular complexity index is 1090. The third-order valence-electron chi connectivity index (χ3n) is 4.24. The van der Waals surface area contributed by atoms with Crippen molar-refractivity contribution in [3.8, 4) is 0 Å². The number of benzene rings is 1. The number of ether oxygens (including phenoxy) is 1. The maximum atomic E-state index is 13.2. The van der Waals surface area contributed by atoms with Crippen molar-refractivity contribution in [2.75, 3.05) is 6.61 Å². The molecule has 168 valence electrons. The fourth-order valence-electron chi connectivity index (χ4n) is 2.84. The molecular weight excluding hydrogens is 423 g/mol. The largest absolute Gasteiger partial charge is 0.475 e. The van der Waals surface area contributed by atoms with Gasteiger partial charge in [-0.15, -0.1) is 0 Å². The highest BCUT2D eigenvalue weighted by molar-refractivity contribution is 7.48. The second-order valence-electron chi connectivity index (χ2n) is 8.13. The minimum atomic E-state index is -3.90. The smallest absolute Gasteiger partial charge is 0.344 e. The molecule has 0 spiro atoms. The summed E-state index contributed by atoms with van der Waals surface area (Å²) in [6, 6.07) is 9.28. The topological polar surface area (TPSA) is 109 Å². The van der Waals surface area contributed by atoms with Gasteiger partial charge < -0.3 is 4.74 Å². The standard InChI is InChI=1S/C21H27N2O7P/c1-15-12-23(20(25)22-19(15)24)18-11-10-17(29-18)14-28-31(26,30-21(2,3)4)27-13-16-8-6-5-7-9-16/h5-12,17-18H,13-14H2,1-4H3,(H,22,24,25)/t17-,18+,31?/m0/s1. The van der Waals surface area contributed by atoms with Crippen LogP contribution in [-0.2, 0) is 29.5 Å². The summed E-state index contributed by atoms with van der Waals surface area (Å²) in [5.41, 5.74) is -0.580. The minimum Gasteiger partial charge on any atom is -0.344 e. The van der Waals surface area contributed by atoms with Gasteiger partial charge in [0.2, 0.25) is 0 Å². The van der Waals surface area contributed by atoms with Crippen LogP contribution in [0.3, 0.4) is 0 Å². The van der Waals surface area contributed by atoms with Gasteiger partial charge in [0.1, 0.15) is 6.10 Å². The minimum absolute atomic E-state index is 0.0598. The van der Waals surface area contributed by atoms with E-state index < -0.39 is 37.0 Å². The van der Waals surface area contributed by atoms with Gasteiger partial charge in [0.05, 0.1) is 18.8 Å². The van der Waals surface area contributed by atoms with Crippen molar-refractivity contribution < 1.29 is 22.9 Å². The Morgan fingerprint density at radius 3 is 2.52 bits per heavy atom. The highest BCUT2D eigenvalue weighted by atomic mass is 31.2. The zero-order chi connectivity index (χ0) is 22.6. The van der Waals surface area contributed by atoms with Crippen LogP contribution in [0.2, 0.25) is 0 Å². The van der Waals surface area contributed by atoms with Gasteiger partial charge in [-0.1, -0.05) is 36.4 Å². The summed E-state index contributed by atoms with van der Waals surface area (Å²) >= 11 is 0. The van der Waals surface area contributed by atoms with Crippen LogP contribution in [0.4, 0.5) is 0 Å². The molecule has 3 rings (SSSR count). The number of aromatic amines is 1. The van der Waals surface area contributed by atoms with Crippen molar-refractivity contribution in [2.24, 2.45) is 0 Å². The number of nitrogens with zero attached hydrogens (tertiary/aromatic N) is 1. The molecule has 1 unspecified atom stereocenters. The number of nitrogens with one attached hydrogen (secondary N) is 1. The predicted octanol–water partition coefficient (Wildman–Crippen LogP) is 3.46. The van der Waals surface area contributed by atoms with Crippen LogP contribution in [-0.4, -0.2) is 27.9 Å². The van der Waals surface area contributed by atoms with E-state index in [2.05, 4.69) is 4.98 Å². The van der Waals surface area contributed by atoms with Crippen molar-refractivity contribution in [1.82, 2.24) is 9.55 Å². The number of rotatable bonds is 8. The van der Waals surface area contributed by atoms with Crippen LogP contribution in [0.25, 0.3) is 0 Å². The van der Waals surface area contributed by atoms with E-state index in [9.17, 15) is 14.2 Å². The number of phosphoric acid groups is 1. The van der Waals surface area contributed by atoms with E-state index in [0.717, 1.165) is 5.56 Å². The Kier molecular flexibility index (Phi) is 7.13. The quantitative estimate of drug-likeness (QED) is 0.485. The first-order valence-electron chi connectivity index (χ1n) is 9.84. The van der Waals surface area contributed by atoms with Gasteiger partial charge >= 0.3 is 13.5 Å². The third-order valence-corrected chi connectivity index (χ3v) is 5.92. The number of hydrogen-bond donors (Lipinski definition) is 1. The highest BCUT2D eigenvalue weighted by Crippen LogP contribution is 2.53. The summed E-state index contributed by atoms with van der Waals surface area (Å²) in [5.74, 6) is 0. The fourth-order valence-corrected chi connectivity index (χ4v) is 4.32. The molecule has 0 saturated carbocycles. The van der Waals surface area contributed by atoms with Gasteiger partial charge in [0.15, 0.2) is 6.23 Å². The second kappa shape index (κ2) is 9.46. The molecule has 1 aliphatic heterocycles. The lowest BCUT2D eigenvalue weighted by molar-refractivity contribution is -0.0235. The SMILES string of the molecule is Cc1cn([C@H]2C=C[C@@H](COP(=O)(OCc3ccccc3)OC(C)(C)C)O2)c(=O)[nH]c1=O. The predicted molar refractivity (Wildman–Crippen MR) is 115 cm³/mol. The lowest BCUT2D eigenvalue weighted by atomic mass is 10.2. The van der Waals surface area contributed by atoms with E-state index in [1.807, 2.05) is 30.3 Å². The van der Waals surface area contributed by atoms with Gasteiger partial charge in [-0.05, 0) is 39.3 Å². The van der Waals surface area contributed by atoms with E-state index in [0.29, 0.717) is 5.56 Å². The lowest BCUT2D eigenvalue weighted by Gasteiger charge is -2.27. The lowest BCUT2D eigenvalue weighted by Crippen LogP contribution is -2.33. The number of aryl methyl sites for hydroxylation is 1. The molecule has 1 aromatic heterocycles. The van der Waals surface area contributed by atoms with Crippen LogP contribution in [0.15, 0.2) is 58.3 Å². The van der Waals surface area contributed by atoms with Crippen LogP contribution < -0.4 is 11.2 Å². The first kappa shape index (κ1) is 23.4. The normalized spacial score (nSPS) is 20.6. The first-order chi connectivity index (χ1) is 14.5. The molecule has 31 heavy (non-hydrogen) atoms. The Morgan fingerprint density at radius 1 is 1.13 bits per heavy atom. The van der Waals surface area contributed by atoms with Gasteiger partial charge in [-0.2, -0.15) is 0 Å². The van der Waals surface area contributed by atoms with Crippen LogP contribution >= 0.6 is 7.82 Å². The van der Waals surface area contributed by atoms with Gasteiger partial charge in [0, 0.05) is 11.8 Å². The molecule has 9 nitrogen and oxygen atoms in total. The maximum absolute atomic E-state index is 13.2. The van der Waals surface area contributed by atoms with Crippen LogP contribution in [0.1, 0.15) is 38.1 Å². The molecule has 0 amide bonds. The van der Waals surface area contributed by atoms with Crippen molar-refractivity contribution in [1.29, 1.82) is 0 Å². The summed E-state index contributed by atoms with van der Waals surface area (Å²) in [4.78, 5) is 25.8. The average Bonchev–Trinajstić information content (AvgIpc) is 3.16. The van der Waals surface area contributed by atoms with Crippen molar-refractivity contribution in [3.63, 3.8) is 0 Å². The molecule has 10 heteroatoms. The molecule has 1 aliphatic rings. The number of H-pyrrole nitrogens is 1. The summed E-state index contributed by atoms with van der Waals surface area (Å²) in [5, 5.41) is 0. The molecule has 2 aromatic rings. The van der Waals surface area contributed by atoms with E-state index in [1.165, 1.54) is 10.8 Å². The van der Waals surface area contributed by atoms with Crippen molar-refractivity contribution >= 4 is 7.82 Å². The molecule has 0 fully saturated rings. The third kappa shape index (κ3) is 6.59. The molecule has 0 radical (unpaired) electrons. The molecule has 0 aliphatic carbocycles. The van der Waals surface area contributed by atoms with Crippen molar-refractivity contribution in [2.45, 2.75) is 52.2 Å². The van der Waals surface area contributed by atoms with E-state index in [-0.39, 0.29) is 13.2 Å². The Labute approximate surface area is 180 Å². The van der Waals surface area contributed by atoms with Gasteiger partial charge in [-0.3, -0.25) is 27.9 Å². The summed E-state index contributed by atoms with van der Waals surface area (Å²) in [6.45, 7) is 6.81. The number of aromatic nitrogens is 2. The highest BCUT2D eigenvalue weighted by Gasteiger charge is 2.35. The Balaban J connectivity index is 1.64. The monoisotopic (exact) mass is 450 g/mol. The van der Waals surface area contributed by atoms with Gasteiger partial charge in [-0.25, -0.2) is 9.36 Å². The zero-order valence-corrected chi connectivity index (χ0v) is 18.8. The van der Waals surface area contributed by atoms with Gasteiger partial charge in [0.25, 0.3) is 5.56 Å². The average molecular weight is 450 g/mol. The summed E-state index contributed by atoms with van der Waals surface area (Å²) in [7, 11) is -3.90. The number of hydrogen-bond acceptors (Lipinski definition) is 7. The van der Waals surface area contributed by atoms with Crippen LogP contribution in [0.5, 0.6) is 0 Å². The molecule has 2 heterocycles. The molecule has 3 atom stereocenters. The summed E-state index contributed by atoms with van der Waals surface area (Å²) < 4.78 is 37.0. The zero-order valence-electron chi connectivity index (χ0n) is 17.9. The Morgan fingerprint density at radius 2 is 1.84 bits per heavy atom.